The molecule has 0 heterocycles. The van der Waals surface area contributed by atoms with E-state index in [2.05, 4.69) is 43.3 Å². The normalized spacial score (nSPS) is 16.2. The van der Waals surface area contributed by atoms with E-state index in [-0.39, 0.29) is 51.0 Å². The molecule has 1 unspecified atom stereocenters. The van der Waals surface area contributed by atoms with Crippen LogP contribution in [0.5, 0.6) is 0 Å². The molecule has 0 aromatic heterocycles. The van der Waals surface area contributed by atoms with E-state index in [1.54, 1.807) is 0 Å². The van der Waals surface area contributed by atoms with Crippen molar-refractivity contribution >= 4 is 6.08 Å². The van der Waals surface area contributed by atoms with Crippen LogP contribution < -0.4 is 24.8 Å². The zero-order valence-electron chi connectivity index (χ0n) is 7.22. The summed E-state index contributed by atoms with van der Waals surface area (Å²) in [5.74, 6) is 0.496. The van der Waals surface area contributed by atoms with Crippen LogP contribution in [-0.4, -0.2) is 0 Å². The van der Waals surface area contributed by atoms with Gasteiger partial charge in [0.15, 0.2) is 0 Å². The van der Waals surface area contributed by atoms with Gasteiger partial charge in [-0.2, -0.15) is 5.56 Å². The summed E-state index contributed by atoms with van der Waals surface area (Å²) in [6.45, 7) is 2.17. The van der Waals surface area contributed by atoms with Gasteiger partial charge in [0.25, 0.3) is 0 Å². The first kappa shape index (κ1) is 15.9. The first-order valence-electron chi connectivity index (χ1n) is 3.56. The van der Waals surface area contributed by atoms with Gasteiger partial charge in [-0.3, -0.25) is 6.08 Å². The van der Waals surface area contributed by atoms with Crippen LogP contribution in [0.3, 0.4) is 0 Å². The van der Waals surface area contributed by atoms with Crippen molar-refractivity contribution in [3.8, 4) is 0 Å². The van der Waals surface area contributed by atoms with E-state index >= 15 is 0 Å². The van der Waals surface area contributed by atoms with Crippen LogP contribution in [0.2, 0.25) is 0 Å². The Labute approximate surface area is 111 Å². The second-order valence-corrected chi connectivity index (χ2v) is 2.66. The van der Waals surface area contributed by atoms with Gasteiger partial charge in [-0.15, -0.1) is 11.6 Å². The van der Waals surface area contributed by atoms with Gasteiger partial charge < -0.3 is 24.8 Å². The van der Waals surface area contributed by atoms with Crippen molar-refractivity contribution in [2.45, 2.75) is 12.8 Å². The molecule has 67 valence electrons. The van der Waals surface area contributed by atoms with Gasteiger partial charge >= 0.3 is 26.2 Å². The van der Waals surface area contributed by atoms with Crippen LogP contribution in [0, 0.1) is 6.08 Å². The molecule has 0 amide bonds. The molecule has 0 bridgehead atoms. The Morgan fingerprint density at radius 2 is 1.77 bits per heavy atom. The van der Waals surface area contributed by atoms with Crippen LogP contribution >= 0.6 is 0 Å². The molecule has 13 heavy (non-hydrogen) atoms. The smallest absolute Gasteiger partial charge is 1.00 e. The van der Waals surface area contributed by atoms with E-state index in [4.69, 9.17) is 0 Å². The molecule has 1 aliphatic rings. The molecule has 1 aliphatic carbocycles. The maximum Gasteiger partial charge on any atom is 3.00 e. The van der Waals surface area contributed by atoms with Crippen molar-refractivity contribution in [2.24, 2.45) is 0 Å². The Kier molecular flexibility index (Phi) is 8.32. The fraction of sp³-hybridized carbons (Fsp3) is 0.200. The van der Waals surface area contributed by atoms with E-state index in [9.17, 15) is 0 Å². The number of allylic oxidation sites excluding steroid dienone is 1. The second kappa shape index (κ2) is 6.81. The minimum Gasteiger partial charge on any atom is -1.00 e. The molecule has 0 saturated carbocycles. The average Bonchev–Trinajstić information content (AvgIpc) is 2.34. The topological polar surface area (TPSA) is 0 Å². The van der Waals surface area contributed by atoms with Crippen molar-refractivity contribution in [3.63, 3.8) is 0 Å². The van der Waals surface area contributed by atoms with E-state index in [0.29, 0.717) is 5.92 Å². The summed E-state index contributed by atoms with van der Waals surface area (Å²) >= 11 is 0. The predicted molar refractivity (Wildman–Crippen MR) is 42.6 cm³/mol. The largest absolute Gasteiger partial charge is 3.00 e. The summed E-state index contributed by atoms with van der Waals surface area (Å²) in [5.41, 5.74) is 2.73. The number of fused-ring (bicyclic) bond motifs is 1. The number of hydrogen-bond acceptors (Lipinski definition) is 0. The third kappa shape index (κ3) is 3.24. The monoisotopic (exact) mass is 289 g/mol. The predicted octanol–water partition coefficient (Wildman–Crippen LogP) is -3.37. The SMILES string of the molecule is CC1[C-]=Cc2ccccc21.[Cl-].[Cl-].[Zr+3]. The van der Waals surface area contributed by atoms with Gasteiger partial charge in [0.05, 0.1) is 0 Å². The first-order chi connectivity index (χ1) is 4.88. The van der Waals surface area contributed by atoms with Crippen molar-refractivity contribution in [1.82, 2.24) is 0 Å². The molecule has 0 aliphatic heterocycles. The van der Waals surface area contributed by atoms with Gasteiger partial charge in [0, 0.05) is 0 Å². The van der Waals surface area contributed by atoms with Crippen LogP contribution in [-0.2, 0) is 26.2 Å². The summed E-state index contributed by atoms with van der Waals surface area (Å²) in [6, 6.07) is 8.44. The summed E-state index contributed by atoms with van der Waals surface area (Å²) in [6.07, 6.45) is 5.33. The van der Waals surface area contributed by atoms with Crippen LogP contribution in [0.1, 0.15) is 24.0 Å². The summed E-state index contributed by atoms with van der Waals surface area (Å²) in [7, 11) is 0. The summed E-state index contributed by atoms with van der Waals surface area (Å²) in [4.78, 5) is 0. The van der Waals surface area contributed by atoms with Crippen molar-refractivity contribution in [1.29, 1.82) is 0 Å². The van der Waals surface area contributed by atoms with Gasteiger partial charge in [0.1, 0.15) is 0 Å². The molecule has 1 radical (unpaired) electrons. The van der Waals surface area contributed by atoms with E-state index in [1.807, 2.05) is 0 Å². The number of hydrogen-bond donors (Lipinski definition) is 0. The fourth-order valence-corrected chi connectivity index (χ4v) is 1.34. The Hall–Kier alpha value is 0.423. The minimum atomic E-state index is 0. The molecule has 1 atom stereocenters. The molecular formula is C10H9Cl2Zr. The third-order valence-corrected chi connectivity index (χ3v) is 1.95. The molecule has 0 spiro atoms. The Morgan fingerprint density at radius 3 is 2.38 bits per heavy atom. The van der Waals surface area contributed by atoms with E-state index in [1.165, 1.54) is 11.1 Å². The zero-order valence-corrected chi connectivity index (χ0v) is 11.2. The molecular weight excluding hydrogens is 282 g/mol. The fourth-order valence-electron chi connectivity index (χ4n) is 1.34. The maximum atomic E-state index is 3.26. The van der Waals surface area contributed by atoms with Crippen LogP contribution in [0.25, 0.3) is 6.08 Å². The van der Waals surface area contributed by atoms with E-state index in [0.717, 1.165) is 0 Å². The third-order valence-electron chi connectivity index (χ3n) is 1.95. The van der Waals surface area contributed by atoms with Gasteiger partial charge in [-0.1, -0.05) is 31.0 Å². The molecule has 1 aromatic rings. The standard InChI is InChI=1S/C10H9.2ClH.Zr/c1-8-6-7-9-4-2-3-5-10(8)9;;;/h2-5,7-8H,1H3;2*1H;/q-1;;;+3/p-2. The quantitative estimate of drug-likeness (QED) is 0.438. The van der Waals surface area contributed by atoms with Crippen molar-refractivity contribution in [3.05, 3.63) is 41.5 Å². The second-order valence-electron chi connectivity index (χ2n) is 2.66. The minimum absolute atomic E-state index is 0. The van der Waals surface area contributed by atoms with Crippen molar-refractivity contribution < 1.29 is 51.0 Å². The Bertz CT molecular complexity index is 284. The van der Waals surface area contributed by atoms with Crippen molar-refractivity contribution in [2.75, 3.05) is 0 Å². The zero-order chi connectivity index (χ0) is 6.97. The average molecular weight is 291 g/mol. The molecule has 0 N–H and O–H groups in total. The molecule has 0 nitrogen and oxygen atoms in total. The Morgan fingerprint density at radius 1 is 1.15 bits per heavy atom. The Balaban J connectivity index is 0. The number of rotatable bonds is 0. The molecule has 3 heteroatoms. The molecule has 2 rings (SSSR count). The summed E-state index contributed by atoms with van der Waals surface area (Å²) in [5, 5.41) is 0. The van der Waals surface area contributed by atoms with Crippen LogP contribution in [0.15, 0.2) is 24.3 Å². The van der Waals surface area contributed by atoms with Crippen LogP contribution in [0.4, 0.5) is 0 Å². The molecule has 0 fully saturated rings. The van der Waals surface area contributed by atoms with Gasteiger partial charge in [-0.25, -0.2) is 6.08 Å². The number of halogens is 2. The first-order valence-corrected chi connectivity index (χ1v) is 3.56. The van der Waals surface area contributed by atoms with Gasteiger partial charge in [-0.05, 0) is 0 Å². The molecule has 0 saturated heterocycles. The summed E-state index contributed by atoms with van der Waals surface area (Å²) < 4.78 is 0. The maximum absolute atomic E-state index is 3.26. The molecule has 1 aromatic carbocycles. The number of benzene rings is 1. The van der Waals surface area contributed by atoms with Gasteiger partial charge in [0.2, 0.25) is 0 Å². The van der Waals surface area contributed by atoms with E-state index < -0.39 is 0 Å².